The van der Waals surface area contributed by atoms with Crippen molar-refractivity contribution >= 4 is 5.91 Å². The van der Waals surface area contributed by atoms with Crippen LogP contribution in [0.25, 0.3) is 0 Å². The number of benzene rings is 1. The SMILES string of the molecule is O=C(NCc1cccnc1)C1CCCN(Cc2ccc(F)cc2)C1. The second-order valence-electron chi connectivity index (χ2n) is 6.28. The van der Waals surface area contributed by atoms with Gasteiger partial charge in [-0.15, -0.1) is 0 Å². The summed E-state index contributed by atoms with van der Waals surface area (Å²) in [5, 5.41) is 3.01. The summed E-state index contributed by atoms with van der Waals surface area (Å²) < 4.78 is 13.0. The predicted molar refractivity (Wildman–Crippen MR) is 90.5 cm³/mol. The molecule has 1 aliphatic heterocycles. The molecule has 0 saturated carbocycles. The predicted octanol–water partition coefficient (Wildman–Crippen LogP) is 2.75. The van der Waals surface area contributed by atoms with E-state index in [0.29, 0.717) is 6.54 Å². The van der Waals surface area contributed by atoms with Crippen molar-refractivity contribution in [3.8, 4) is 0 Å². The normalized spacial score (nSPS) is 18.3. The van der Waals surface area contributed by atoms with Gasteiger partial charge in [-0.2, -0.15) is 0 Å². The number of nitrogens with one attached hydrogen (secondary N) is 1. The molecule has 1 saturated heterocycles. The highest BCUT2D eigenvalue weighted by molar-refractivity contribution is 5.78. The van der Waals surface area contributed by atoms with Gasteiger partial charge in [0.15, 0.2) is 0 Å². The van der Waals surface area contributed by atoms with E-state index in [0.717, 1.165) is 43.6 Å². The van der Waals surface area contributed by atoms with Gasteiger partial charge < -0.3 is 5.32 Å². The number of amides is 1. The van der Waals surface area contributed by atoms with E-state index >= 15 is 0 Å². The van der Waals surface area contributed by atoms with Crippen LogP contribution < -0.4 is 5.32 Å². The summed E-state index contributed by atoms with van der Waals surface area (Å²) >= 11 is 0. The maximum absolute atomic E-state index is 13.0. The first-order valence-electron chi connectivity index (χ1n) is 8.34. The van der Waals surface area contributed by atoms with Crippen molar-refractivity contribution < 1.29 is 9.18 Å². The molecule has 0 spiro atoms. The van der Waals surface area contributed by atoms with Crippen LogP contribution in [0.1, 0.15) is 24.0 Å². The molecule has 2 heterocycles. The third kappa shape index (κ3) is 4.61. The molecule has 0 radical (unpaired) electrons. The molecule has 1 aromatic heterocycles. The number of hydrogen-bond donors (Lipinski definition) is 1. The fraction of sp³-hybridized carbons (Fsp3) is 0.368. The lowest BCUT2D eigenvalue weighted by atomic mass is 9.96. The highest BCUT2D eigenvalue weighted by Gasteiger charge is 2.25. The Kier molecular flexibility index (Phi) is 5.54. The number of rotatable bonds is 5. The molecule has 1 N–H and O–H groups in total. The number of halogens is 1. The summed E-state index contributed by atoms with van der Waals surface area (Å²) in [5.74, 6) is -0.108. The molecule has 1 atom stereocenters. The minimum atomic E-state index is -0.218. The number of carbonyl (C=O) groups is 1. The molecule has 126 valence electrons. The van der Waals surface area contributed by atoms with Crippen LogP contribution in [-0.4, -0.2) is 28.9 Å². The van der Waals surface area contributed by atoms with Gasteiger partial charge in [0.05, 0.1) is 5.92 Å². The molecule has 1 fully saturated rings. The third-order valence-electron chi connectivity index (χ3n) is 4.39. The molecular formula is C19H22FN3O. The van der Waals surface area contributed by atoms with Crippen LogP contribution in [0.3, 0.4) is 0 Å². The molecule has 1 unspecified atom stereocenters. The zero-order valence-corrected chi connectivity index (χ0v) is 13.6. The quantitative estimate of drug-likeness (QED) is 0.918. The maximum atomic E-state index is 13.0. The van der Waals surface area contributed by atoms with Gasteiger partial charge in [-0.3, -0.25) is 14.7 Å². The van der Waals surface area contributed by atoms with Crippen LogP contribution in [0, 0.1) is 11.7 Å². The van der Waals surface area contributed by atoms with Gasteiger partial charge in [-0.1, -0.05) is 18.2 Å². The number of nitrogens with zero attached hydrogens (tertiary/aromatic N) is 2. The van der Waals surface area contributed by atoms with Crippen LogP contribution in [-0.2, 0) is 17.9 Å². The number of carbonyl (C=O) groups excluding carboxylic acids is 1. The first kappa shape index (κ1) is 16.6. The van der Waals surface area contributed by atoms with Crippen molar-refractivity contribution in [2.45, 2.75) is 25.9 Å². The summed E-state index contributed by atoms with van der Waals surface area (Å²) in [6, 6.07) is 10.4. The molecule has 0 aliphatic carbocycles. The van der Waals surface area contributed by atoms with E-state index in [1.165, 1.54) is 12.1 Å². The van der Waals surface area contributed by atoms with Crippen molar-refractivity contribution in [2.75, 3.05) is 13.1 Å². The van der Waals surface area contributed by atoms with E-state index in [2.05, 4.69) is 15.2 Å². The van der Waals surface area contributed by atoms with Gasteiger partial charge in [0, 0.05) is 32.0 Å². The number of aromatic nitrogens is 1. The van der Waals surface area contributed by atoms with E-state index in [9.17, 15) is 9.18 Å². The van der Waals surface area contributed by atoms with E-state index in [1.807, 2.05) is 12.1 Å². The minimum absolute atomic E-state index is 0.0101. The van der Waals surface area contributed by atoms with Gasteiger partial charge in [-0.25, -0.2) is 4.39 Å². The number of hydrogen-bond acceptors (Lipinski definition) is 3. The molecule has 0 bridgehead atoms. The zero-order chi connectivity index (χ0) is 16.8. The van der Waals surface area contributed by atoms with Gasteiger partial charge in [0.2, 0.25) is 5.91 Å². The molecule has 2 aromatic rings. The lowest BCUT2D eigenvalue weighted by Crippen LogP contribution is -2.42. The van der Waals surface area contributed by atoms with Gasteiger partial charge in [-0.05, 0) is 48.7 Å². The second kappa shape index (κ2) is 8.02. The Labute approximate surface area is 141 Å². The zero-order valence-electron chi connectivity index (χ0n) is 13.6. The molecule has 1 aromatic carbocycles. The highest BCUT2D eigenvalue weighted by atomic mass is 19.1. The van der Waals surface area contributed by atoms with Gasteiger partial charge >= 0.3 is 0 Å². The number of likely N-dealkylation sites (tertiary alicyclic amines) is 1. The van der Waals surface area contributed by atoms with Gasteiger partial charge in [0.25, 0.3) is 0 Å². The summed E-state index contributed by atoms with van der Waals surface area (Å²) in [4.78, 5) is 18.7. The molecular weight excluding hydrogens is 305 g/mol. The average Bonchev–Trinajstić information content (AvgIpc) is 2.63. The Morgan fingerprint density at radius 2 is 2.08 bits per heavy atom. The van der Waals surface area contributed by atoms with Crippen LogP contribution >= 0.6 is 0 Å². The van der Waals surface area contributed by atoms with E-state index in [4.69, 9.17) is 0 Å². The van der Waals surface area contributed by atoms with Crippen LogP contribution in [0.4, 0.5) is 4.39 Å². The minimum Gasteiger partial charge on any atom is -0.352 e. The van der Waals surface area contributed by atoms with Crippen LogP contribution in [0.2, 0.25) is 0 Å². The topological polar surface area (TPSA) is 45.2 Å². The van der Waals surface area contributed by atoms with Crippen molar-refractivity contribution in [1.29, 1.82) is 0 Å². The standard InChI is InChI=1S/C19H22FN3O/c20-18-7-5-15(6-8-18)13-23-10-2-4-17(14-23)19(24)22-12-16-3-1-9-21-11-16/h1,3,5-9,11,17H,2,4,10,12-14H2,(H,22,24). The first-order valence-corrected chi connectivity index (χ1v) is 8.34. The summed E-state index contributed by atoms with van der Waals surface area (Å²) in [7, 11) is 0. The van der Waals surface area contributed by atoms with E-state index in [-0.39, 0.29) is 17.6 Å². The Balaban J connectivity index is 1.51. The molecule has 1 aliphatic rings. The molecule has 5 heteroatoms. The second-order valence-corrected chi connectivity index (χ2v) is 6.28. The Morgan fingerprint density at radius 3 is 2.83 bits per heavy atom. The van der Waals surface area contributed by atoms with Crippen molar-refractivity contribution in [1.82, 2.24) is 15.2 Å². The summed E-state index contributed by atoms with van der Waals surface area (Å²) in [5.41, 5.74) is 2.08. The molecule has 24 heavy (non-hydrogen) atoms. The molecule has 3 rings (SSSR count). The van der Waals surface area contributed by atoms with Crippen molar-refractivity contribution in [3.05, 3.63) is 65.7 Å². The summed E-state index contributed by atoms with van der Waals surface area (Å²) in [6.45, 7) is 2.99. The van der Waals surface area contributed by atoms with Gasteiger partial charge in [0.1, 0.15) is 5.82 Å². The monoisotopic (exact) mass is 327 g/mol. The highest BCUT2D eigenvalue weighted by Crippen LogP contribution is 2.19. The molecule has 1 amide bonds. The first-order chi connectivity index (χ1) is 11.7. The Morgan fingerprint density at radius 1 is 1.25 bits per heavy atom. The fourth-order valence-electron chi connectivity index (χ4n) is 3.10. The maximum Gasteiger partial charge on any atom is 0.224 e. The van der Waals surface area contributed by atoms with E-state index in [1.54, 1.807) is 24.5 Å². The fourth-order valence-corrected chi connectivity index (χ4v) is 3.10. The van der Waals surface area contributed by atoms with Crippen molar-refractivity contribution in [2.24, 2.45) is 5.92 Å². The third-order valence-corrected chi connectivity index (χ3v) is 4.39. The lowest BCUT2D eigenvalue weighted by molar-refractivity contribution is -0.126. The number of pyridine rings is 1. The van der Waals surface area contributed by atoms with Crippen LogP contribution in [0.5, 0.6) is 0 Å². The smallest absolute Gasteiger partial charge is 0.224 e. The average molecular weight is 327 g/mol. The number of piperidine rings is 1. The largest absolute Gasteiger partial charge is 0.352 e. The summed E-state index contributed by atoms with van der Waals surface area (Å²) in [6.07, 6.45) is 5.41. The Bertz CT molecular complexity index is 660. The van der Waals surface area contributed by atoms with Crippen molar-refractivity contribution in [3.63, 3.8) is 0 Å². The van der Waals surface area contributed by atoms with E-state index < -0.39 is 0 Å². The Hall–Kier alpha value is -2.27. The molecule has 4 nitrogen and oxygen atoms in total. The lowest BCUT2D eigenvalue weighted by Gasteiger charge is -2.32. The van der Waals surface area contributed by atoms with Crippen LogP contribution in [0.15, 0.2) is 48.8 Å².